The van der Waals surface area contributed by atoms with Crippen molar-refractivity contribution in [1.82, 2.24) is 19.4 Å². The number of aliphatic hydroxyl groups excluding tert-OH is 1. The number of amides is 1. The molecule has 0 aliphatic carbocycles. The highest BCUT2D eigenvalue weighted by Crippen LogP contribution is 2.27. The summed E-state index contributed by atoms with van der Waals surface area (Å²) < 4.78 is 12.8. The number of methoxy groups -OCH3 is 1. The number of hydrogen-bond acceptors (Lipinski definition) is 7. The van der Waals surface area contributed by atoms with Gasteiger partial charge in [0.25, 0.3) is 5.91 Å². The number of nitrogens with zero attached hydrogens (tertiary/aromatic N) is 5. The smallest absolute Gasteiger partial charge is 0.254 e. The van der Waals surface area contributed by atoms with Crippen molar-refractivity contribution in [2.45, 2.75) is 32.1 Å². The molecule has 0 bridgehead atoms. The molecule has 9 heteroatoms. The molecule has 0 unspecified atom stereocenters. The number of oxazole rings is 1. The number of carbonyl (C=O) groups excluding carboxylic acids is 1. The number of ether oxygens (including phenoxy) is 1. The summed E-state index contributed by atoms with van der Waals surface area (Å²) in [6, 6.07) is 5.64. The zero-order valence-electron chi connectivity index (χ0n) is 17.2. The van der Waals surface area contributed by atoms with Gasteiger partial charge in [-0.3, -0.25) is 4.79 Å². The first kappa shape index (κ1) is 19.1. The summed E-state index contributed by atoms with van der Waals surface area (Å²) >= 11 is 0. The number of β-amino-alcohol motifs (C(OH)–C–C–N with tert-alkyl or cyclic N) is 1. The predicted octanol–water partition coefficient (Wildman–Crippen LogP) is 1.48. The van der Waals surface area contributed by atoms with Crippen LogP contribution in [-0.4, -0.2) is 63.3 Å². The van der Waals surface area contributed by atoms with Crippen molar-refractivity contribution in [3.63, 3.8) is 0 Å². The first-order valence-electron chi connectivity index (χ1n) is 10.2. The topological polar surface area (TPSA) is 96.9 Å². The van der Waals surface area contributed by atoms with Crippen molar-refractivity contribution >= 4 is 22.9 Å². The standard InChI is InChI=1S/C21H25N5O4/c1-24-17-4-3-13(9-15(17)23-21(24)26-7-5-14(27)10-26)20(28)25-8-6-18-16(11-25)22-19(30-18)12-29-2/h3-4,9,14,27H,5-8,10-12H2,1-2H3/t14-/m0/s1. The highest BCUT2D eigenvalue weighted by molar-refractivity contribution is 5.97. The number of hydrogen-bond donors (Lipinski definition) is 1. The summed E-state index contributed by atoms with van der Waals surface area (Å²) in [6.45, 7) is 2.71. The fourth-order valence-electron chi connectivity index (χ4n) is 4.32. The largest absolute Gasteiger partial charge is 0.443 e. The van der Waals surface area contributed by atoms with E-state index in [1.807, 2.05) is 29.8 Å². The van der Waals surface area contributed by atoms with E-state index in [1.54, 1.807) is 12.0 Å². The van der Waals surface area contributed by atoms with Gasteiger partial charge < -0.3 is 28.6 Å². The molecular formula is C21H25N5O4. The Labute approximate surface area is 173 Å². The van der Waals surface area contributed by atoms with E-state index >= 15 is 0 Å². The van der Waals surface area contributed by atoms with E-state index < -0.39 is 0 Å². The quantitative estimate of drug-likeness (QED) is 0.694. The summed E-state index contributed by atoms with van der Waals surface area (Å²) in [5.74, 6) is 2.17. The van der Waals surface area contributed by atoms with Crippen molar-refractivity contribution < 1.29 is 19.1 Å². The second-order valence-corrected chi connectivity index (χ2v) is 7.95. The number of imidazole rings is 1. The SMILES string of the molecule is COCc1nc2c(o1)CCN(C(=O)c1ccc3c(c1)nc(N1CC[C@H](O)C1)n3C)C2. The second-order valence-electron chi connectivity index (χ2n) is 7.95. The molecule has 3 aromatic rings. The second kappa shape index (κ2) is 7.41. The van der Waals surface area contributed by atoms with Crippen LogP contribution >= 0.6 is 0 Å². The van der Waals surface area contributed by atoms with Gasteiger partial charge in [0.05, 0.1) is 23.7 Å². The lowest BCUT2D eigenvalue weighted by Crippen LogP contribution is -2.35. The summed E-state index contributed by atoms with van der Waals surface area (Å²) in [7, 11) is 3.56. The molecule has 0 saturated carbocycles. The Balaban J connectivity index is 1.38. The van der Waals surface area contributed by atoms with Gasteiger partial charge in [0.2, 0.25) is 11.8 Å². The van der Waals surface area contributed by atoms with Crippen LogP contribution < -0.4 is 4.90 Å². The third-order valence-corrected chi connectivity index (χ3v) is 5.88. The van der Waals surface area contributed by atoms with Crippen molar-refractivity contribution in [1.29, 1.82) is 0 Å². The van der Waals surface area contributed by atoms with Crippen molar-refractivity contribution in [2.24, 2.45) is 7.05 Å². The van der Waals surface area contributed by atoms with Gasteiger partial charge >= 0.3 is 0 Å². The molecule has 1 N–H and O–H groups in total. The Morgan fingerprint density at radius 1 is 1.33 bits per heavy atom. The van der Waals surface area contributed by atoms with Gasteiger partial charge in [-0.15, -0.1) is 0 Å². The van der Waals surface area contributed by atoms with Crippen LogP contribution in [0.25, 0.3) is 11.0 Å². The number of fused-ring (bicyclic) bond motifs is 2. The minimum absolute atomic E-state index is 0.0392. The van der Waals surface area contributed by atoms with Crippen LogP contribution in [0.2, 0.25) is 0 Å². The van der Waals surface area contributed by atoms with Crippen LogP contribution in [0.5, 0.6) is 0 Å². The van der Waals surface area contributed by atoms with E-state index in [4.69, 9.17) is 14.1 Å². The molecule has 0 radical (unpaired) electrons. The van der Waals surface area contributed by atoms with E-state index in [-0.39, 0.29) is 12.0 Å². The number of rotatable bonds is 4. The van der Waals surface area contributed by atoms with Gasteiger partial charge in [-0.2, -0.15) is 0 Å². The van der Waals surface area contributed by atoms with Crippen molar-refractivity contribution in [3.8, 4) is 0 Å². The highest BCUT2D eigenvalue weighted by atomic mass is 16.5. The maximum absolute atomic E-state index is 13.1. The molecule has 9 nitrogen and oxygen atoms in total. The van der Waals surface area contributed by atoms with Crippen molar-refractivity contribution in [3.05, 3.63) is 41.1 Å². The number of carbonyl (C=O) groups is 1. The minimum atomic E-state index is -0.313. The summed E-state index contributed by atoms with van der Waals surface area (Å²) in [6.07, 6.45) is 1.08. The molecular weight excluding hydrogens is 386 g/mol. The zero-order valence-corrected chi connectivity index (χ0v) is 17.2. The molecule has 158 valence electrons. The molecule has 1 amide bonds. The highest BCUT2D eigenvalue weighted by Gasteiger charge is 2.28. The van der Waals surface area contributed by atoms with Crippen LogP contribution in [0.15, 0.2) is 22.6 Å². The molecule has 1 fully saturated rings. The fraction of sp³-hybridized carbons (Fsp3) is 0.476. The average Bonchev–Trinajstić information content (AvgIpc) is 3.43. The minimum Gasteiger partial charge on any atom is -0.443 e. The van der Waals surface area contributed by atoms with Crippen LogP contribution in [0, 0.1) is 0 Å². The van der Waals surface area contributed by atoms with Gasteiger partial charge in [0.1, 0.15) is 18.1 Å². The van der Waals surface area contributed by atoms with Crippen molar-refractivity contribution in [2.75, 3.05) is 31.6 Å². The zero-order chi connectivity index (χ0) is 20.8. The Morgan fingerprint density at radius 2 is 2.20 bits per heavy atom. The van der Waals surface area contributed by atoms with Crippen LogP contribution in [0.4, 0.5) is 5.95 Å². The van der Waals surface area contributed by atoms with Crippen LogP contribution in [0.1, 0.15) is 34.1 Å². The third kappa shape index (κ3) is 3.23. The average molecular weight is 411 g/mol. The molecule has 1 atom stereocenters. The predicted molar refractivity (Wildman–Crippen MR) is 109 cm³/mol. The number of benzene rings is 1. The van der Waals surface area contributed by atoms with E-state index in [2.05, 4.69) is 9.88 Å². The lowest BCUT2D eigenvalue weighted by Gasteiger charge is -2.25. The van der Waals surface area contributed by atoms with Gasteiger partial charge in [-0.05, 0) is 24.6 Å². The number of anilines is 1. The van der Waals surface area contributed by atoms with Crippen LogP contribution in [-0.2, 0) is 31.4 Å². The Morgan fingerprint density at radius 3 is 2.97 bits per heavy atom. The number of aliphatic hydroxyl groups is 1. The van der Waals surface area contributed by atoms with Gasteiger partial charge in [-0.1, -0.05) is 0 Å². The molecule has 0 spiro atoms. The number of aromatic nitrogens is 3. The van der Waals surface area contributed by atoms with Crippen LogP contribution in [0.3, 0.4) is 0 Å². The van der Waals surface area contributed by atoms with Gasteiger partial charge in [0.15, 0.2) is 0 Å². The molecule has 2 aliphatic heterocycles. The molecule has 1 aromatic carbocycles. The monoisotopic (exact) mass is 411 g/mol. The van der Waals surface area contributed by atoms with Gasteiger partial charge in [-0.25, -0.2) is 9.97 Å². The van der Waals surface area contributed by atoms with E-state index in [0.717, 1.165) is 41.4 Å². The van der Waals surface area contributed by atoms with E-state index in [9.17, 15) is 9.90 Å². The fourth-order valence-corrected chi connectivity index (χ4v) is 4.32. The summed E-state index contributed by atoms with van der Waals surface area (Å²) in [5, 5.41) is 9.84. The molecule has 5 rings (SSSR count). The van der Waals surface area contributed by atoms with E-state index in [0.29, 0.717) is 44.1 Å². The lowest BCUT2D eigenvalue weighted by molar-refractivity contribution is 0.0727. The lowest BCUT2D eigenvalue weighted by atomic mass is 10.1. The third-order valence-electron chi connectivity index (χ3n) is 5.88. The van der Waals surface area contributed by atoms with Gasteiger partial charge in [0, 0.05) is 45.8 Å². The Hall–Kier alpha value is -2.91. The molecule has 1 saturated heterocycles. The summed E-state index contributed by atoms with van der Waals surface area (Å²) in [5.41, 5.74) is 3.15. The normalized spacial score (nSPS) is 19.0. The maximum atomic E-state index is 13.1. The Kier molecular flexibility index (Phi) is 4.71. The first-order valence-corrected chi connectivity index (χ1v) is 10.2. The number of aryl methyl sites for hydroxylation is 1. The molecule has 2 aromatic heterocycles. The van der Waals surface area contributed by atoms with E-state index in [1.165, 1.54) is 0 Å². The first-order chi connectivity index (χ1) is 14.5. The summed E-state index contributed by atoms with van der Waals surface area (Å²) in [4.78, 5) is 26.2. The molecule has 30 heavy (non-hydrogen) atoms. The molecule has 2 aliphatic rings. The molecule has 4 heterocycles. The Bertz CT molecular complexity index is 1100. The maximum Gasteiger partial charge on any atom is 0.254 e.